The first-order valence-electron chi connectivity index (χ1n) is 1.48. The molecule has 0 saturated heterocycles. The highest BCUT2D eigenvalue weighted by Gasteiger charge is 1.88. The van der Waals surface area contributed by atoms with Crippen molar-refractivity contribution >= 4 is 28.9 Å². The Bertz CT molecular complexity index is 103. The van der Waals surface area contributed by atoms with Crippen LogP contribution in [-0.4, -0.2) is 6.34 Å². The van der Waals surface area contributed by atoms with Gasteiger partial charge in [-0.1, -0.05) is 0 Å². The summed E-state index contributed by atoms with van der Waals surface area (Å²) in [5.41, 5.74) is 0. The molecule has 0 N–H and O–H groups in total. The molecular weight excluding hydrogens is 191 g/mol. The van der Waals surface area contributed by atoms with Crippen LogP contribution in [0, 0.1) is 0 Å². The van der Waals surface area contributed by atoms with Gasteiger partial charge in [-0.05, 0) is 22.6 Å². The Balaban J connectivity index is 2.68. The van der Waals surface area contributed by atoms with Crippen LogP contribution in [0.3, 0.4) is 0 Å². The maximum atomic E-state index is 3.79. The molecule has 31 valence electrons. The van der Waals surface area contributed by atoms with Crippen LogP contribution in [0.5, 0.6) is 0 Å². The molecule has 3 heteroatoms. The molecule has 0 spiro atoms. The summed E-state index contributed by atoms with van der Waals surface area (Å²) < 4.78 is 0.951. The number of rotatable bonds is 0. The maximum Gasteiger partial charge on any atom is 0.121 e. The van der Waals surface area contributed by atoms with Gasteiger partial charge in [0.15, 0.2) is 0 Å². The van der Waals surface area contributed by atoms with E-state index >= 15 is 0 Å². The molecule has 1 heterocycles. The van der Waals surface area contributed by atoms with Crippen LogP contribution < -0.4 is 5.32 Å². The lowest BCUT2D eigenvalue weighted by Gasteiger charge is -1.67. The molecule has 0 bridgehead atoms. The van der Waals surface area contributed by atoms with Crippen molar-refractivity contribution < 1.29 is 0 Å². The second-order valence-corrected chi connectivity index (χ2v) is 1.95. The van der Waals surface area contributed by atoms with Crippen molar-refractivity contribution in [3.8, 4) is 0 Å². The van der Waals surface area contributed by atoms with E-state index in [9.17, 15) is 0 Å². The van der Waals surface area contributed by atoms with Crippen molar-refractivity contribution in [2.24, 2.45) is 4.99 Å². The fraction of sp³-hybridized carbons (Fsp3) is 0. The van der Waals surface area contributed by atoms with Crippen LogP contribution in [0.1, 0.15) is 0 Å². The lowest BCUT2D eigenvalue weighted by molar-refractivity contribution is 1.34. The monoisotopic (exact) mass is 193 g/mol. The molecule has 0 aliphatic carbocycles. The molecule has 0 atom stereocenters. The number of hydrogen-bond acceptors (Lipinski definition) is 1. The second kappa shape index (κ2) is 1.59. The summed E-state index contributed by atoms with van der Waals surface area (Å²) >= 11 is 2.10. The Labute approximate surface area is 49.5 Å². The van der Waals surface area contributed by atoms with E-state index in [-0.39, 0.29) is 0 Å². The molecule has 0 aromatic heterocycles. The van der Waals surface area contributed by atoms with E-state index in [0.29, 0.717) is 0 Å². The lowest BCUT2D eigenvalue weighted by Crippen LogP contribution is -1.79. The van der Waals surface area contributed by atoms with Gasteiger partial charge in [-0.3, -0.25) is 0 Å². The second-order valence-electron chi connectivity index (χ2n) is 0.845. The van der Waals surface area contributed by atoms with Crippen LogP contribution in [0.15, 0.2) is 14.9 Å². The quantitative estimate of drug-likeness (QED) is 0.403. The van der Waals surface area contributed by atoms with Crippen molar-refractivity contribution in [2.75, 3.05) is 0 Å². The molecule has 2 nitrogen and oxygen atoms in total. The average molecular weight is 193 g/mol. The summed E-state index contributed by atoms with van der Waals surface area (Å²) in [6.45, 7) is 0. The van der Waals surface area contributed by atoms with Crippen LogP contribution >= 0.6 is 22.6 Å². The van der Waals surface area contributed by atoms with Crippen LogP contribution in [0.25, 0.3) is 0 Å². The minimum absolute atomic E-state index is 0.951. The van der Waals surface area contributed by atoms with E-state index in [1.807, 2.05) is 0 Å². The summed E-state index contributed by atoms with van der Waals surface area (Å²) in [5.74, 6) is 0. The lowest BCUT2D eigenvalue weighted by atomic mass is 11.0. The van der Waals surface area contributed by atoms with Crippen LogP contribution in [0.4, 0.5) is 0 Å². The molecule has 1 aliphatic rings. The van der Waals surface area contributed by atoms with Crippen molar-refractivity contribution in [3.63, 3.8) is 0 Å². The van der Waals surface area contributed by atoms with Gasteiger partial charge in [-0.2, -0.15) is 0 Å². The Kier molecular flexibility index (Phi) is 1.09. The Hall–Kier alpha value is -0.0600. The van der Waals surface area contributed by atoms with Gasteiger partial charge in [-0.25, -0.2) is 10.3 Å². The molecule has 0 saturated carbocycles. The predicted molar refractivity (Wildman–Crippen MR) is 32.7 cm³/mol. The van der Waals surface area contributed by atoms with E-state index in [0.717, 1.165) is 3.70 Å². The Morgan fingerprint density at radius 1 is 1.67 bits per heavy atom. The number of nitrogens with zero attached hydrogens (tertiary/aromatic N) is 2. The average Bonchev–Trinajstić information content (AvgIpc) is 1.86. The Morgan fingerprint density at radius 2 is 2.50 bits per heavy atom. The topological polar surface area (TPSA) is 26.5 Å². The van der Waals surface area contributed by atoms with Gasteiger partial charge in [-0.15, -0.1) is 0 Å². The molecule has 0 unspecified atom stereocenters. The Morgan fingerprint density at radius 3 is 2.67 bits per heavy atom. The van der Waals surface area contributed by atoms with Crippen LogP contribution in [-0.2, 0) is 0 Å². The molecule has 0 aromatic rings. The third kappa shape index (κ3) is 0.707. The molecule has 0 aromatic carbocycles. The molecule has 6 heavy (non-hydrogen) atoms. The van der Waals surface area contributed by atoms with Gasteiger partial charge in [0.05, 0.1) is 6.20 Å². The number of aliphatic imine (C=N–C) groups is 1. The molecule has 0 amide bonds. The SMILES string of the molecule is IC1=C[N]C=N1. The van der Waals surface area contributed by atoms with Crippen molar-refractivity contribution in [1.82, 2.24) is 5.32 Å². The van der Waals surface area contributed by atoms with Gasteiger partial charge in [0.25, 0.3) is 0 Å². The molecule has 1 rings (SSSR count). The first-order chi connectivity index (χ1) is 2.89. The minimum Gasteiger partial charge on any atom is -0.242 e. The molecule has 0 fully saturated rings. The first kappa shape index (κ1) is 4.11. The maximum absolute atomic E-state index is 3.79. The molecular formula is C3H2IN2. The van der Waals surface area contributed by atoms with Gasteiger partial charge in [0, 0.05) is 0 Å². The fourth-order valence-corrected chi connectivity index (χ4v) is 0.502. The highest BCUT2D eigenvalue weighted by Crippen LogP contribution is 2.07. The van der Waals surface area contributed by atoms with Crippen LogP contribution in [0.2, 0.25) is 0 Å². The third-order valence-corrected chi connectivity index (χ3v) is 0.986. The van der Waals surface area contributed by atoms with Gasteiger partial charge >= 0.3 is 0 Å². The van der Waals surface area contributed by atoms with E-state index in [1.165, 1.54) is 6.34 Å². The number of halogens is 1. The summed E-state index contributed by atoms with van der Waals surface area (Å²) in [5, 5.41) is 3.70. The summed E-state index contributed by atoms with van der Waals surface area (Å²) in [7, 11) is 0. The predicted octanol–water partition coefficient (Wildman–Crippen LogP) is 0.867. The largest absolute Gasteiger partial charge is 0.242 e. The summed E-state index contributed by atoms with van der Waals surface area (Å²) in [6.07, 6.45) is 3.24. The molecule has 1 radical (unpaired) electrons. The minimum atomic E-state index is 0.951. The van der Waals surface area contributed by atoms with E-state index in [1.54, 1.807) is 6.20 Å². The molecule has 1 aliphatic heterocycles. The zero-order valence-corrected chi connectivity index (χ0v) is 5.08. The first-order valence-corrected chi connectivity index (χ1v) is 2.55. The summed E-state index contributed by atoms with van der Waals surface area (Å²) in [4.78, 5) is 3.79. The van der Waals surface area contributed by atoms with Crippen molar-refractivity contribution in [1.29, 1.82) is 0 Å². The highest BCUT2D eigenvalue weighted by atomic mass is 127. The highest BCUT2D eigenvalue weighted by molar-refractivity contribution is 14.1. The number of hydrogen-bond donors (Lipinski definition) is 0. The zero-order chi connectivity index (χ0) is 4.41. The smallest absolute Gasteiger partial charge is 0.121 e. The van der Waals surface area contributed by atoms with E-state index in [2.05, 4.69) is 32.9 Å². The summed E-state index contributed by atoms with van der Waals surface area (Å²) in [6, 6.07) is 0. The third-order valence-electron chi connectivity index (χ3n) is 0.429. The van der Waals surface area contributed by atoms with E-state index in [4.69, 9.17) is 0 Å². The van der Waals surface area contributed by atoms with Crippen molar-refractivity contribution in [3.05, 3.63) is 9.90 Å². The van der Waals surface area contributed by atoms with Gasteiger partial charge in [0.1, 0.15) is 10.0 Å². The van der Waals surface area contributed by atoms with Crippen molar-refractivity contribution in [2.45, 2.75) is 0 Å². The van der Waals surface area contributed by atoms with Gasteiger partial charge in [0.2, 0.25) is 0 Å². The fourth-order valence-electron chi connectivity index (χ4n) is 0.217. The van der Waals surface area contributed by atoms with Gasteiger partial charge < -0.3 is 0 Å². The van der Waals surface area contributed by atoms with E-state index < -0.39 is 0 Å². The normalized spacial score (nSPS) is 17.2. The zero-order valence-electron chi connectivity index (χ0n) is 2.93. The standard InChI is InChI=1S/C3H2IN2/c4-3-1-5-2-6-3/h1-2H.